The number of hydrogen-bond acceptors (Lipinski definition) is 2. The maximum atomic E-state index is 10.9. The number of hydrogen-bond donors (Lipinski definition) is 3. The molecule has 1 heterocycles. The Hall–Kier alpha value is -1.81. The Labute approximate surface area is 119 Å². The van der Waals surface area contributed by atoms with Crippen LogP contribution in [-0.4, -0.2) is 22.1 Å². The SMILES string of the molecule is CC(C)CCc1cccc2[nH]cc(CC(N)C(=O)O)c12. The van der Waals surface area contributed by atoms with Crippen molar-refractivity contribution in [2.24, 2.45) is 11.7 Å². The summed E-state index contributed by atoms with van der Waals surface area (Å²) in [5.41, 5.74) is 8.98. The van der Waals surface area contributed by atoms with Gasteiger partial charge in [-0.05, 0) is 36.0 Å². The predicted octanol–water partition coefficient (Wildman–Crippen LogP) is 2.71. The van der Waals surface area contributed by atoms with E-state index in [4.69, 9.17) is 10.8 Å². The highest BCUT2D eigenvalue weighted by Gasteiger charge is 2.16. The quantitative estimate of drug-likeness (QED) is 0.757. The first-order valence-corrected chi connectivity index (χ1v) is 7.05. The van der Waals surface area contributed by atoms with Crippen LogP contribution in [0.25, 0.3) is 10.9 Å². The van der Waals surface area contributed by atoms with Gasteiger partial charge in [-0.3, -0.25) is 4.79 Å². The standard InChI is InChI=1S/C16H22N2O2/c1-10(2)6-7-11-4-3-5-14-15(11)12(9-18-14)8-13(17)16(19)20/h3-5,9-10,13,18H,6-8,17H2,1-2H3,(H,19,20). The summed E-state index contributed by atoms with van der Waals surface area (Å²) in [6, 6.07) is 5.32. The van der Waals surface area contributed by atoms with Crippen LogP contribution >= 0.6 is 0 Å². The maximum absolute atomic E-state index is 10.9. The van der Waals surface area contributed by atoms with Crippen LogP contribution in [0.1, 0.15) is 31.4 Å². The summed E-state index contributed by atoms with van der Waals surface area (Å²) in [5, 5.41) is 10.1. The molecule has 108 valence electrons. The highest BCUT2D eigenvalue weighted by atomic mass is 16.4. The summed E-state index contributed by atoms with van der Waals surface area (Å²) >= 11 is 0. The second kappa shape index (κ2) is 6.09. The summed E-state index contributed by atoms with van der Waals surface area (Å²) in [7, 11) is 0. The van der Waals surface area contributed by atoms with E-state index in [1.165, 1.54) is 5.56 Å². The lowest BCUT2D eigenvalue weighted by atomic mass is 9.96. The van der Waals surface area contributed by atoms with Gasteiger partial charge in [-0.25, -0.2) is 0 Å². The van der Waals surface area contributed by atoms with Gasteiger partial charge in [0.1, 0.15) is 6.04 Å². The van der Waals surface area contributed by atoms with Crippen LogP contribution in [0.15, 0.2) is 24.4 Å². The van der Waals surface area contributed by atoms with Crippen molar-refractivity contribution < 1.29 is 9.90 Å². The van der Waals surface area contributed by atoms with Crippen molar-refractivity contribution >= 4 is 16.9 Å². The van der Waals surface area contributed by atoms with E-state index in [1.54, 1.807) is 0 Å². The van der Waals surface area contributed by atoms with Crippen molar-refractivity contribution in [1.29, 1.82) is 0 Å². The fraction of sp³-hybridized carbons (Fsp3) is 0.438. The Morgan fingerprint density at radius 3 is 2.75 bits per heavy atom. The Morgan fingerprint density at radius 2 is 2.10 bits per heavy atom. The first-order chi connectivity index (χ1) is 9.49. The first kappa shape index (κ1) is 14.6. The van der Waals surface area contributed by atoms with Gasteiger partial charge in [0.05, 0.1) is 0 Å². The third kappa shape index (κ3) is 3.20. The lowest BCUT2D eigenvalue weighted by molar-refractivity contribution is -0.138. The number of fused-ring (bicyclic) bond motifs is 1. The van der Waals surface area contributed by atoms with Crippen molar-refractivity contribution in [1.82, 2.24) is 4.98 Å². The van der Waals surface area contributed by atoms with Crippen LogP contribution in [0.4, 0.5) is 0 Å². The van der Waals surface area contributed by atoms with E-state index in [-0.39, 0.29) is 0 Å². The van der Waals surface area contributed by atoms with Crippen LogP contribution in [-0.2, 0) is 17.6 Å². The van der Waals surface area contributed by atoms with Crippen molar-refractivity contribution in [2.75, 3.05) is 0 Å². The van der Waals surface area contributed by atoms with Gasteiger partial charge in [-0.15, -0.1) is 0 Å². The van der Waals surface area contributed by atoms with E-state index in [0.29, 0.717) is 12.3 Å². The average Bonchev–Trinajstić information content (AvgIpc) is 2.80. The Morgan fingerprint density at radius 1 is 1.35 bits per heavy atom. The monoisotopic (exact) mass is 274 g/mol. The summed E-state index contributed by atoms with van der Waals surface area (Å²) < 4.78 is 0. The molecule has 0 saturated heterocycles. The smallest absolute Gasteiger partial charge is 0.320 e. The van der Waals surface area contributed by atoms with Crippen LogP contribution in [0.3, 0.4) is 0 Å². The molecule has 0 aliphatic heterocycles. The van der Waals surface area contributed by atoms with E-state index in [0.717, 1.165) is 29.3 Å². The lowest BCUT2D eigenvalue weighted by Crippen LogP contribution is -2.32. The molecule has 4 heteroatoms. The number of aryl methyl sites for hydroxylation is 1. The van der Waals surface area contributed by atoms with Crippen molar-refractivity contribution in [3.05, 3.63) is 35.5 Å². The highest BCUT2D eigenvalue weighted by Crippen LogP contribution is 2.25. The van der Waals surface area contributed by atoms with Gasteiger partial charge < -0.3 is 15.8 Å². The predicted molar refractivity (Wildman–Crippen MR) is 80.8 cm³/mol. The number of nitrogens with one attached hydrogen (secondary N) is 1. The molecule has 0 aliphatic rings. The Balaban J connectivity index is 2.33. The molecule has 2 rings (SSSR count). The molecule has 0 fully saturated rings. The number of H-pyrrole nitrogens is 1. The largest absolute Gasteiger partial charge is 0.480 e. The zero-order valence-electron chi connectivity index (χ0n) is 12.0. The lowest BCUT2D eigenvalue weighted by Gasteiger charge is -2.10. The van der Waals surface area contributed by atoms with Crippen LogP contribution < -0.4 is 5.73 Å². The van der Waals surface area contributed by atoms with Gasteiger partial charge in [-0.2, -0.15) is 0 Å². The molecule has 1 aromatic heterocycles. The van der Waals surface area contributed by atoms with Crippen molar-refractivity contribution in [3.8, 4) is 0 Å². The highest BCUT2D eigenvalue weighted by molar-refractivity contribution is 5.87. The number of aromatic nitrogens is 1. The van der Waals surface area contributed by atoms with Gasteiger partial charge in [0.15, 0.2) is 0 Å². The van der Waals surface area contributed by atoms with Gasteiger partial charge in [-0.1, -0.05) is 26.0 Å². The van der Waals surface area contributed by atoms with Crippen LogP contribution in [0, 0.1) is 5.92 Å². The fourth-order valence-corrected chi connectivity index (χ4v) is 2.47. The normalized spacial score (nSPS) is 13.0. The Bertz CT molecular complexity index is 602. The zero-order chi connectivity index (χ0) is 14.7. The van der Waals surface area contributed by atoms with Gasteiger partial charge in [0.25, 0.3) is 0 Å². The summed E-state index contributed by atoms with van der Waals surface area (Å²) in [6.07, 6.45) is 4.36. The Kier molecular flexibility index (Phi) is 4.45. The van der Waals surface area contributed by atoms with E-state index in [1.807, 2.05) is 18.3 Å². The number of nitrogens with two attached hydrogens (primary N) is 1. The molecule has 2 aromatic rings. The molecule has 0 aliphatic carbocycles. The minimum absolute atomic E-state index is 0.355. The molecule has 4 nitrogen and oxygen atoms in total. The second-order valence-corrected chi connectivity index (χ2v) is 5.73. The topological polar surface area (TPSA) is 79.1 Å². The average molecular weight is 274 g/mol. The third-order valence-electron chi connectivity index (χ3n) is 3.62. The van der Waals surface area contributed by atoms with Crippen LogP contribution in [0.5, 0.6) is 0 Å². The summed E-state index contributed by atoms with van der Waals surface area (Å²) in [6.45, 7) is 4.41. The number of rotatable bonds is 6. The molecule has 1 aromatic carbocycles. The first-order valence-electron chi connectivity index (χ1n) is 7.05. The van der Waals surface area contributed by atoms with E-state index in [2.05, 4.69) is 24.9 Å². The fourth-order valence-electron chi connectivity index (χ4n) is 2.47. The molecular weight excluding hydrogens is 252 g/mol. The number of benzene rings is 1. The minimum atomic E-state index is -0.959. The number of aliphatic carboxylic acids is 1. The molecular formula is C16H22N2O2. The molecule has 1 unspecified atom stereocenters. The number of carbonyl (C=O) groups is 1. The minimum Gasteiger partial charge on any atom is -0.480 e. The molecule has 4 N–H and O–H groups in total. The van der Waals surface area contributed by atoms with Gasteiger partial charge in [0, 0.05) is 23.5 Å². The molecule has 0 spiro atoms. The zero-order valence-corrected chi connectivity index (χ0v) is 12.0. The van der Waals surface area contributed by atoms with Crippen molar-refractivity contribution in [3.63, 3.8) is 0 Å². The molecule has 20 heavy (non-hydrogen) atoms. The van der Waals surface area contributed by atoms with Crippen LogP contribution in [0.2, 0.25) is 0 Å². The number of carboxylic acids is 1. The van der Waals surface area contributed by atoms with Gasteiger partial charge in [0.2, 0.25) is 0 Å². The molecule has 0 amide bonds. The number of aromatic amines is 1. The molecule has 0 saturated carbocycles. The van der Waals surface area contributed by atoms with Gasteiger partial charge >= 0.3 is 5.97 Å². The summed E-state index contributed by atoms with van der Waals surface area (Å²) in [5.74, 6) is -0.312. The van der Waals surface area contributed by atoms with E-state index >= 15 is 0 Å². The third-order valence-corrected chi connectivity index (χ3v) is 3.62. The maximum Gasteiger partial charge on any atom is 0.320 e. The molecule has 0 radical (unpaired) electrons. The number of carboxylic acid groups (broad SMARTS) is 1. The van der Waals surface area contributed by atoms with Crippen molar-refractivity contribution in [2.45, 2.75) is 39.2 Å². The summed E-state index contributed by atoms with van der Waals surface area (Å²) in [4.78, 5) is 14.1. The van der Waals surface area contributed by atoms with E-state index < -0.39 is 12.0 Å². The molecule has 0 bridgehead atoms. The molecule has 1 atom stereocenters. The van der Waals surface area contributed by atoms with E-state index in [9.17, 15) is 4.79 Å². The second-order valence-electron chi connectivity index (χ2n) is 5.73.